The minimum atomic E-state index is -0.131. The minimum absolute atomic E-state index is 0.131. The smallest absolute Gasteiger partial charge is 0.251 e. The van der Waals surface area contributed by atoms with Gasteiger partial charge < -0.3 is 9.64 Å². The molecule has 0 unspecified atom stereocenters. The van der Waals surface area contributed by atoms with Crippen molar-refractivity contribution in [1.29, 1.82) is 0 Å². The molecule has 2 saturated heterocycles. The van der Waals surface area contributed by atoms with Gasteiger partial charge in [-0.1, -0.05) is 6.42 Å². The van der Waals surface area contributed by atoms with Crippen molar-refractivity contribution < 1.29 is 9.53 Å². The summed E-state index contributed by atoms with van der Waals surface area (Å²) < 4.78 is 5.67. The molecule has 90 valence electrons. The fourth-order valence-electron chi connectivity index (χ4n) is 3.60. The highest BCUT2D eigenvalue weighted by Gasteiger charge is 2.41. The monoisotopic (exact) mass is 223 g/mol. The minimum Gasteiger partial charge on any atom is -0.365 e. The summed E-state index contributed by atoms with van der Waals surface area (Å²) >= 11 is 0. The second-order valence-electron chi connectivity index (χ2n) is 5.71. The van der Waals surface area contributed by atoms with Crippen LogP contribution in [0.25, 0.3) is 0 Å². The topological polar surface area (TPSA) is 29.5 Å². The van der Waals surface area contributed by atoms with E-state index in [-0.39, 0.29) is 18.1 Å². The molecule has 3 rings (SSSR count). The summed E-state index contributed by atoms with van der Waals surface area (Å²) in [5.74, 6) is 1.85. The predicted molar refractivity (Wildman–Crippen MR) is 61.0 cm³/mol. The molecular formula is C13H21NO2. The summed E-state index contributed by atoms with van der Waals surface area (Å²) in [6, 6.07) is 0. The zero-order valence-electron chi connectivity index (χ0n) is 10.0. The number of hydrogen-bond acceptors (Lipinski definition) is 2. The van der Waals surface area contributed by atoms with Crippen molar-refractivity contribution in [2.75, 3.05) is 13.1 Å². The van der Waals surface area contributed by atoms with Gasteiger partial charge in [0.2, 0.25) is 0 Å². The zero-order chi connectivity index (χ0) is 11.1. The van der Waals surface area contributed by atoms with Crippen molar-refractivity contribution in [1.82, 2.24) is 4.90 Å². The highest BCUT2D eigenvalue weighted by atomic mass is 16.5. The van der Waals surface area contributed by atoms with Crippen LogP contribution in [0.3, 0.4) is 0 Å². The number of nitrogens with zero attached hydrogens (tertiary/aromatic N) is 1. The first-order valence-corrected chi connectivity index (χ1v) is 6.68. The van der Waals surface area contributed by atoms with Gasteiger partial charge in [-0.15, -0.1) is 0 Å². The predicted octanol–water partition coefficient (Wildman–Crippen LogP) is 1.81. The van der Waals surface area contributed by atoms with E-state index < -0.39 is 0 Å². The summed E-state index contributed by atoms with van der Waals surface area (Å²) in [5.41, 5.74) is 0. The number of fused-ring (bicyclic) bond motifs is 1. The number of hydrogen-bond donors (Lipinski definition) is 0. The molecule has 0 aromatic heterocycles. The lowest BCUT2D eigenvalue weighted by Gasteiger charge is -2.21. The average Bonchev–Trinajstić information content (AvgIpc) is 2.89. The summed E-state index contributed by atoms with van der Waals surface area (Å²) in [6.45, 7) is 4.06. The van der Waals surface area contributed by atoms with Crippen molar-refractivity contribution in [2.24, 2.45) is 11.8 Å². The van der Waals surface area contributed by atoms with E-state index >= 15 is 0 Å². The largest absolute Gasteiger partial charge is 0.365 e. The van der Waals surface area contributed by atoms with Gasteiger partial charge in [0.25, 0.3) is 5.91 Å². The van der Waals surface area contributed by atoms with Crippen LogP contribution in [0.4, 0.5) is 0 Å². The molecule has 3 nitrogen and oxygen atoms in total. The molecule has 4 atom stereocenters. The molecule has 1 aliphatic carbocycles. The lowest BCUT2D eigenvalue weighted by molar-refractivity contribution is -0.141. The molecule has 0 spiro atoms. The van der Waals surface area contributed by atoms with E-state index in [1.807, 2.05) is 0 Å². The number of amides is 1. The van der Waals surface area contributed by atoms with E-state index in [2.05, 4.69) is 11.8 Å². The summed E-state index contributed by atoms with van der Waals surface area (Å²) in [4.78, 5) is 14.3. The van der Waals surface area contributed by atoms with Crippen molar-refractivity contribution in [3.63, 3.8) is 0 Å². The molecule has 16 heavy (non-hydrogen) atoms. The van der Waals surface area contributed by atoms with E-state index in [1.54, 1.807) is 0 Å². The van der Waals surface area contributed by atoms with Gasteiger partial charge >= 0.3 is 0 Å². The molecule has 3 fully saturated rings. The molecule has 0 aromatic carbocycles. The summed E-state index contributed by atoms with van der Waals surface area (Å²) in [7, 11) is 0. The Morgan fingerprint density at radius 2 is 1.81 bits per heavy atom. The molecule has 3 heteroatoms. The molecule has 0 bridgehead atoms. The van der Waals surface area contributed by atoms with Crippen LogP contribution >= 0.6 is 0 Å². The van der Waals surface area contributed by atoms with Gasteiger partial charge in [-0.3, -0.25) is 4.79 Å². The Balaban J connectivity index is 1.60. The Bertz CT molecular complexity index is 280. The second-order valence-corrected chi connectivity index (χ2v) is 5.71. The van der Waals surface area contributed by atoms with E-state index in [0.29, 0.717) is 0 Å². The van der Waals surface area contributed by atoms with E-state index in [4.69, 9.17) is 4.74 Å². The molecular weight excluding hydrogens is 202 g/mol. The number of likely N-dealkylation sites (tertiary alicyclic amines) is 1. The fourth-order valence-corrected chi connectivity index (χ4v) is 3.60. The molecule has 1 amide bonds. The van der Waals surface area contributed by atoms with Crippen LogP contribution in [-0.2, 0) is 9.53 Å². The molecule has 0 N–H and O–H groups in total. The van der Waals surface area contributed by atoms with Crippen LogP contribution in [0.15, 0.2) is 0 Å². The Morgan fingerprint density at radius 1 is 1.12 bits per heavy atom. The van der Waals surface area contributed by atoms with Crippen LogP contribution in [0.2, 0.25) is 0 Å². The Morgan fingerprint density at radius 3 is 2.38 bits per heavy atom. The van der Waals surface area contributed by atoms with Crippen molar-refractivity contribution in [3.05, 3.63) is 0 Å². The van der Waals surface area contributed by atoms with Gasteiger partial charge in [-0.2, -0.15) is 0 Å². The van der Waals surface area contributed by atoms with E-state index in [9.17, 15) is 4.79 Å². The zero-order valence-corrected chi connectivity index (χ0v) is 10.0. The quantitative estimate of drug-likeness (QED) is 0.678. The normalized spacial score (nSPS) is 42.7. The maximum atomic E-state index is 12.2. The number of carbonyl (C=O) groups is 1. The van der Waals surface area contributed by atoms with Gasteiger partial charge in [0.05, 0.1) is 6.10 Å². The fraction of sp³-hybridized carbons (Fsp3) is 0.923. The Hall–Kier alpha value is -0.570. The van der Waals surface area contributed by atoms with Crippen LogP contribution in [0.1, 0.15) is 39.0 Å². The van der Waals surface area contributed by atoms with Gasteiger partial charge in [-0.25, -0.2) is 0 Å². The average molecular weight is 223 g/mol. The second kappa shape index (κ2) is 4.02. The van der Waals surface area contributed by atoms with Crippen molar-refractivity contribution in [3.8, 4) is 0 Å². The maximum absolute atomic E-state index is 12.2. The maximum Gasteiger partial charge on any atom is 0.251 e. The van der Waals surface area contributed by atoms with Crippen LogP contribution in [0, 0.1) is 11.8 Å². The van der Waals surface area contributed by atoms with Gasteiger partial charge in [0.1, 0.15) is 6.10 Å². The molecule has 2 aliphatic heterocycles. The Labute approximate surface area is 97.1 Å². The SMILES string of the molecule is C[C@@H]1CC[C@@H](C(=O)N2C[C@H]3CCC[C@H]3C2)O1. The third-order valence-electron chi connectivity index (χ3n) is 4.55. The van der Waals surface area contributed by atoms with E-state index in [0.717, 1.165) is 37.8 Å². The van der Waals surface area contributed by atoms with Crippen LogP contribution in [-0.4, -0.2) is 36.1 Å². The number of carbonyl (C=O) groups excluding carboxylic acids is 1. The molecule has 1 saturated carbocycles. The van der Waals surface area contributed by atoms with Crippen molar-refractivity contribution >= 4 is 5.91 Å². The highest BCUT2D eigenvalue weighted by Crippen LogP contribution is 2.38. The lowest BCUT2D eigenvalue weighted by atomic mass is 10.0. The standard InChI is InChI=1S/C13H21NO2/c1-9-5-6-12(16-9)13(15)14-7-10-3-2-4-11(10)8-14/h9-12H,2-8H2,1H3/t9-,10-,11+,12+/m1/s1. The number of ether oxygens (including phenoxy) is 1. The van der Waals surface area contributed by atoms with Crippen LogP contribution in [0.5, 0.6) is 0 Å². The molecule has 2 heterocycles. The van der Waals surface area contributed by atoms with Crippen LogP contribution < -0.4 is 0 Å². The Kier molecular flexibility index (Phi) is 2.66. The van der Waals surface area contributed by atoms with Gasteiger partial charge in [0.15, 0.2) is 0 Å². The van der Waals surface area contributed by atoms with Crippen molar-refractivity contribution in [2.45, 2.75) is 51.2 Å². The van der Waals surface area contributed by atoms with Gasteiger partial charge in [0, 0.05) is 13.1 Å². The first-order chi connectivity index (χ1) is 7.74. The first kappa shape index (κ1) is 10.6. The molecule has 0 aromatic rings. The lowest BCUT2D eigenvalue weighted by Crippen LogP contribution is -2.38. The summed E-state index contributed by atoms with van der Waals surface area (Å²) in [5, 5.41) is 0. The molecule has 3 aliphatic rings. The van der Waals surface area contributed by atoms with Gasteiger partial charge in [-0.05, 0) is 44.4 Å². The third-order valence-corrected chi connectivity index (χ3v) is 4.55. The highest BCUT2D eigenvalue weighted by molar-refractivity contribution is 5.81. The van der Waals surface area contributed by atoms with E-state index in [1.165, 1.54) is 19.3 Å². The molecule has 0 radical (unpaired) electrons. The third kappa shape index (κ3) is 1.75. The number of rotatable bonds is 1. The summed E-state index contributed by atoms with van der Waals surface area (Å²) in [6.07, 6.45) is 6.13. The first-order valence-electron chi connectivity index (χ1n) is 6.68.